The molecule has 23 heavy (non-hydrogen) atoms. The van der Waals surface area contributed by atoms with Gasteiger partial charge in [-0.05, 0) is 37.3 Å². The number of halogens is 1. The summed E-state index contributed by atoms with van der Waals surface area (Å²) in [5.41, 5.74) is 0.848. The van der Waals surface area contributed by atoms with Gasteiger partial charge in [0, 0.05) is 10.4 Å². The largest absolute Gasteiger partial charge is 0.497 e. The van der Waals surface area contributed by atoms with Crippen LogP contribution >= 0.6 is 22.9 Å². The quantitative estimate of drug-likeness (QED) is 0.824. The topological polar surface area (TPSA) is 59.6 Å². The number of carbonyl (C=O) groups excluding carboxylic acids is 1. The lowest BCUT2D eigenvalue weighted by Crippen LogP contribution is -2.36. The first-order valence-corrected chi connectivity index (χ1v) is 8.23. The van der Waals surface area contributed by atoms with Gasteiger partial charge in [0.05, 0.1) is 31.1 Å². The molecule has 1 aromatic carbocycles. The number of nitrogens with one attached hydrogen (secondary N) is 2. The Kier molecular flexibility index (Phi) is 6.12. The lowest BCUT2D eigenvalue weighted by molar-refractivity contribution is 0.237. The number of methoxy groups -OCH3 is 2. The van der Waals surface area contributed by atoms with Crippen LogP contribution in [0, 0.1) is 0 Å². The monoisotopic (exact) mass is 354 g/mol. The molecule has 2 rings (SSSR count). The fourth-order valence-corrected chi connectivity index (χ4v) is 3.14. The van der Waals surface area contributed by atoms with Crippen LogP contribution in [0.15, 0.2) is 30.3 Å². The van der Waals surface area contributed by atoms with E-state index in [1.807, 2.05) is 37.3 Å². The number of rotatable bonds is 6. The Morgan fingerprint density at radius 3 is 2.65 bits per heavy atom. The van der Waals surface area contributed by atoms with Crippen molar-refractivity contribution in [2.24, 2.45) is 0 Å². The Morgan fingerprint density at radius 1 is 1.26 bits per heavy atom. The Morgan fingerprint density at radius 2 is 2.04 bits per heavy atom. The number of amides is 2. The first-order chi connectivity index (χ1) is 11.0. The normalized spacial score (nSPS) is 11.7. The summed E-state index contributed by atoms with van der Waals surface area (Å²) in [6.45, 7) is 2.32. The van der Waals surface area contributed by atoms with E-state index < -0.39 is 0 Å². The van der Waals surface area contributed by atoms with Gasteiger partial charge in [-0.3, -0.25) is 0 Å². The standard InChI is InChI=1S/C16H19ClN2O3S/c1-10(13-8-11(21-2)4-6-14(13)22-3)19-16(20)18-9-12-5-7-15(17)23-12/h4-8,10H,9H2,1-3H3,(H2,18,19,20). The van der Waals surface area contributed by atoms with E-state index in [9.17, 15) is 4.79 Å². The smallest absolute Gasteiger partial charge is 0.315 e. The third kappa shape index (κ3) is 4.77. The van der Waals surface area contributed by atoms with Crippen LogP contribution in [0.5, 0.6) is 11.5 Å². The molecular weight excluding hydrogens is 336 g/mol. The summed E-state index contributed by atoms with van der Waals surface area (Å²) in [6.07, 6.45) is 0. The minimum absolute atomic E-state index is 0.230. The number of hydrogen-bond donors (Lipinski definition) is 2. The second-order valence-corrected chi connectivity index (χ2v) is 6.66. The lowest BCUT2D eigenvalue weighted by Gasteiger charge is -2.18. The van der Waals surface area contributed by atoms with Crippen molar-refractivity contribution in [3.63, 3.8) is 0 Å². The molecule has 2 N–H and O–H groups in total. The van der Waals surface area contributed by atoms with E-state index in [0.717, 1.165) is 10.4 Å². The minimum atomic E-state index is -0.258. The third-order valence-electron chi connectivity index (χ3n) is 3.30. The summed E-state index contributed by atoms with van der Waals surface area (Å²) >= 11 is 7.31. The van der Waals surface area contributed by atoms with E-state index in [2.05, 4.69) is 10.6 Å². The summed E-state index contributed by atoms with van der Waals surface area (Å²) in [7, 11) is 3.20. The SMILES string of the molecule is COc1ccc(OC)c(C(C)NC(=O)NCc2ccc(Cl)s2)c1. The van der Waals surface area contributed by atoms with E-state index in [-0.39, 0.29) is 12.1 Å². The van der Waals surface area contributed by atoms with Gasteiger partial charge in [0.2, 0.25) is 0 Å². The zero-order valence-electron chi connectivity index (χ0n) is 13.2. The molecule has 2 amide bonds. The Hall–Kier alpha value is -1.92. The van der Waals surface area contributed by atoms with E-state index >= 15 is 0 Å². The second kappa shape index (κ2) is 8.08. The highest BCUT2D eigenvalue weighted by Gasteiger charge is 2.15. The van der Waals surface area contributed by atoms with Crippen LogP contribution in [0.1, 0.15) is 23.4 Å². The lowest BCUT2D eigenvalue weighted by atomic mass is 10.1. The summed E-state index contributed by atoms with van der Waals surface area (Å²) < 4.78 is 11.3. The van der Waals surface area contributed by atoms with Crippen LogP contribution in [0.4, 0.5) is 4.79 Å². The maximum atomic E-state index is 12.0. The molecule has 0 aliphatic carbocycles. The van der Waals surface area contributed by atoms with Gasteiger partial charge in [0.25, 0.3) is 0 Å². The van der Waals surface area contributed by atoms with E-state index in [4.69, 9.17) is 21.1 Å². The van der Waals surface area contributed by atoms with Gasteiger partial charge in [0.1, 0.15) is 11.5 Å². The van der Waals surface area contributed by atoms with Crippen molar-refractivity contribution in [1.82, 2.24) is 10.6 Å². The van der Waals surface area contributed by atoms with Gasteiger partial charge in [-0.25, -0.2) is 4.79 Å². The van der Waals surface area contributed by atoms with Crippen molar-refractivity contribution in [1.29, 1.82) is 0 Å². The number of benzene rings is 1. The number of hydrogen-bond acceptors (Lipinski definition) is 4. The van der Waals surface area contributed by atoms with Crippen LogP contribution < -0.4 is 20.1 Å². The zero-order chi connectivity index (χ0) is 16.8. The van der Waals surface area contributed by atoms with Crippen LogP contribution in [-0.4, -0.2) is 20.3 Å². The fraction of sp³-hybridized carbons (Fsp3) is 0.312. The summed E-state index contributed by atoms with van der Waals surface area (Å²) in [4.78, 5) is 13.0. The molecule has 0 saturated carbocycles. The first kappa shape index (κ1) is 17.4. The molecule has 0 spiro atoms. The van der Waals surface area contributed by atoms with E-state index in [1.54, 1.807) is 14.2 Å². The molecule has 5 nitrogen and oxygen atoms in total. The summed E-state index contributed by atoms with van der Waals surface area (Å²) in [5, 5.41) is 5.69. The van der Waals surface area contributed by atoms with Gasteiger partial charge in [-0.15, -0.1) is 11.3 Å². The van der Waals surface area contributed by atoms with Crippen LogP contribution in [-0.2, 0) is 6.54 Å². The van der Waals surface area contributed by atoms with Crippen LogP contribution in [0.25, 0.3) is 0 Å². The molecule has 2 aromatic rings. The van der Waals surface area contributed by atoms with Gasteiger partial charge in [-0.2, -0.15) is 0 Å². The van der Waals surface area contributed by atoms with Gasteiger partial charge < -0.3 is 20.1 Å². The van der Waals surface area contributed by atoms with Crippen molar-refractivity contribution in [2.45, 2.75) is 19.5 Å². The molecule has 1 unspecified atom stereocenters. The van der Waals surface area contributed by atoms with Crippen molar-refractivity contribution in [2.75, 3.05) is 14.2 Å². The minimum Gasteiger partial charge on any atom is -0.497 e. The second-order valence-electron chi connectivity index (χ2n) is 4.86. The summed E-state index contributed by atoms with van der Waals surface area (Å²) in [6, 6.07) is 8.70. The van der Waals surface area contributed by atoms with Crippen molar-refractivity contribution < 1.29 is 14.3 Å². The average Bonchev–Trinajstić information content (AvgIpc) is 2.97. The van der Waals surface area contributed by atoms with E-state index in [0.29, 0.717) is 22.4 Å². The molecule has 0 saturated heterocycles. The third-order valence-corrected chi connectivity index (χ3v) is 4.53. The maximum Gasteiger partial charge on any atom is 0.315 e. The number of thiophene rings is 1. The highest BCUT2D eigenvalue weighted by molar-refractivity contribution is 7.16. The zero-order valence-corrected chi connectivity index (χ0v) is 14.8. The molecule has 0 bridgehead atoms. The van der Waals surface area contributed by atoms with Crippen molar-refractivity contribution >= 4 is 29.0 Å². The molecule has 0 aliphatic rings. The van der Waals surface area contributed by atoms with Gasteiger partial charge in [-0.1, -0.05) is 11.6 Å². The predicted molar refractivity (Wildman–Crippen MR) is 92.7 cm³/mol. The first-order valence-electron chi connectivity index (χ1n) is 7.04. The Balaban J connectivity index is 1.97. The Labute approximate surface area is 144 Å². The van der Waals surface area contributed by atoms with Crippen molar-refractivity contribution in [3.05, 3.63) is 45.1 Å². The molecule has 0 fully saturated rings. The van der Waals surface area contributed by atoms with Gasteiger partial charge in [0.15, 0.2) is 0 Å². The fourth-order valence-electron chi connectivity index (χ4n) is 2.12. The molecule has 1 aromatic heterocycles. The highest BCUT2D eigenvalue weighted by atomic mass is 35.5. The molecule has 1 atom stereocenters. The maximum absolute atomic E-state index is 12.0. The highest BCUT2D eigenvalue weighted by Crippen LogP contribution is 2.29. The van der Waals surface area contributed by atoms with Crippen LogP contribution in [0.2, 0.25) is 4.34 Å². The average molecular weight is 355 g/mol. The van der Waals surface area contributed by atoms with Gasteiger partial charge >= 0.3 is 6.03 Å². The summed E-state index contributed by atoms with van der Waals surface area (Å²) in [5.74, 6) is 1.41. The predicted octanol–water partition coefficient (Wildman–Crippen LogP) is 3.98. The van der Waals surface area contributed by atoms with E-state index in [1.165, 1.54) is 11.3 Å². The number of urea groups is 1. The van der Waals surface area contributed by atoms with Crippen molar-refractivity contribution in [3.8, 4) is 11.5 Å². The number of carbonyl (C=O) groups is 1. The number of ether oxygens (including phenoxy) is 2. The Bertz CT molecular complexity index is 675. The molecule has 7 heteroatoms. The molecule has 0 radical (unpaired) electrons. The van der Waals surface area contributed by atoms with Crippen LogP contribution in [0.3, 0.4) is 0 Å². The molecule has 1 heterocycles. The molecule has 0 aliphatic heterocycles. The molecule has 124 valence electrons. The molecular formula is C16H19ClN2O3S.